The number of piperazine rings is 1. The lowest BCUT2D eigenvalue weighted by molar-refractivity contribution is -0.258. The van der Waals surface area contributed by atoms with Gasteiger partial charge in [0, 0.05) is 37.1 Å². The molecule has 3 rings (SSSR count). The van der Waals surface area contributed by atoms with E-state index in [2.05, 4.69) is 25.4 Å². The lowest BCUT2D eigenvalue weighted by atomic mass is 9.95. The zero-order valence-corrected chi connectivity index (χ0v) is 21.0. The van der Waals surface area contributed by atoms with Gasteiger partial charge in [0.05, 0.1) is 15.2 Å². The number of thiophene rings is 1. The third-order valence-corrected chi connectivity index (χ3v) is 8.30. The van der Waals surface area contributed by atoms with Gasteiger partial charge in [-0.3, -0.25) is 0 Å². The highest BCUT2D eigenvalue weighted by molar-refractivity contribution is 7.98. The van der Waals surface area contributed by atoms with Gasteiger partial charge in [0.1, 0.15) is 0 Å². The Hall–Kier alpha value is -1.11. The van der Waals surface area contributed by atoms with Crippen molar-refractivity contribution in [3.63, 3.8) is 0 Å². The van der Waals surface area contributed by atoms with Crippen LogP contribution in [-0.2, 0) is 16.6 Å². The van der Waals surface area contributed by atoms with Crippen molar-refractivity contribution in [2.24, 2.45) is 0 Å². The van der Waals surface area contributed by atoms with Crippen LogP contribution in [0.3, 0.4) is 0 Å². The summed E-state index contributed by atoms with van der Waals surface area (Å²) in [4.78, 5) is 2.15. The van der Waals surface area contributed by atoms with Crippen molar-refractivity contribution in [1.29, 1.82) is 0 Å². The van der Waals surface area contributed by atoms with E-state index in [4.69, 9.17) is 0 Å². The molecule has 1 aromatic heterocycles. The highest BCUT2D eigenvalue weighted by atomic mass is 32.2. The topological polar surface area (TPSA) is 55.8 Å². The van der Waals surface area contributed by atoms with Crippen LogP contribution in [0.25, 0.3) is 0 Å². The molecular formula is C21H30F3N3O2S3. The second kappa shape index (κ2) is 11.8. The van der Waals surface area contributed by atoms with Crippen molar-refractivity contribution in [1.82, 2.24) is 9.03 Å². The number of nitrogens with zero attached hydrogens (tertiary/aromatic N) is 2. The Morgan fingerprint density at radius 1 is 1.12 bits per heavy atom. The molecule has 0 spiro atoms. The molecule has 1 aliphatic rings. The number of alkyl halides is 3. The molecule has 1 fully saturated rings. The van der Waals surface area contributed by atoms with Crippen LogP contribution in [0.2, 0.25) is 0 Å². The molecule has 5 nitrogen and oxygen atoms in total. The monoisotopic (exact) mass is 509 g/mol. The van der Waals surface area contributed by atoms with E-state index >= 15 is 0 Å². The second-order valence-corrected chi connectivity index (χ2v) is 11.9. The first-order valence-corrected chi connectivity index (χ1v) is 13.0. The minimum atomic E-state index is -4.70. The number of benzene rings is 1. The summed E-state index contributed by atoms with van der Waals surface area (Å²) in [6, 6.07) is 10.1. The number of rotatable bonds is 6. The van der Waals surface area contributed by atoms with Crippen molar-refractivity contribution in [2.75, 3.05) is 38.1 Å². The molecule has 0 bridgehead atoms. The van der Waals surface area contributed by atoms with Gasteiger partial charge in [-0.05, 0) is 68.9 Å². The van der Waals surface area contributed by atoms with Crippen molar-refractivity contribution >= 4 is 40.0 Å². The molecule has 1 aromatic carbocycles. The van der Waals surface area contributed by atoms with Gasteiger partial charge < -0.3 is 10.0 Å². The Morgan fingerprint density at radius 2 is 1.72 bits per heavy atom. The van der Waals surface area contributed by atoms with Gasteiger partial charge in [0.15, 0.2) is 5.60 Å². The van der Waals surface area contributed by atoms with Crippen molar-refractivity contribution in [2.45, 2.75) is 42.0 Å². The van der Waals surface area contributed by atoms with Gasteiger partial charge >= 0.3 is 6.18 Å². The maximum Gasteiger partial charge on any atom is 0.421 e. The van der Waals surface area contributed by atoms with E-state index in [0.29, 0.717) is 0 Å². The van der Waals surface area contributed by atoms with Gasteiger partial charge in [-0.25, -0.2) is 13.2 Å². The average Bonchev–Trinajstić information content (AvgIpc) is 3.26. The highest BCUT2D eigenvalue weighted by Gasteiger charge is 2.51. The zero-order valence-electron chi connectivity index (χ0n) is 18.6. The summed E-state index contributed by atoms with van der Waals surface area (Å²) < 4.78 is 55.4. The number of hydrogen-bond donors (Lipinski definition) is 2. The van der Waals surface area contributed by atoms with Crippen LogP contribution >= 0.6 is 23.3 Å². The van der Waals surface area contributed by atoms with Gasteiger partial charge in [-0.2, -0.15) is 13.2 Å². The lowest BCUT2D eigenvalue weighted by Crippen LogP contribution is -2.43. The first kappa shape index (κ1) is 27.1. The average molecular weight is 510 g/mol. The van der Waals surface area contributed by atoms with E-state index in [1.54, 1.807) is 42.5 Å². The van der Waals surface area contributed by atoms with Crippen molar-refractivity contribution in [3.05, 3.63) is 47.3 Å². The molecule has 0 amide bonds. The van der Waals surface area contributed by atoms with Crippen LogP contribution < -0.4 is 9.62 Å². The predicted octanol–water partition coefficient (Wildman–Crippen LogP) is 4.63. The first-order valence-electron chi connectivity index (χ1n) is 10.1. The summed E-state index contributed by atoms with van der Waals surface area (Å²) in [6.45, 7) is 7.98. The molecule has 11 heteroatoms. The summed E-state index contributed by atoms with van der Waals surface area (Å²) in [5, 5.41) is 12.0. The van der Waals surface area contributed by atoms with E-state index in [9.17, 15) is 22.5 Å². The van der Waals surface area contributed by atoms with Gasteiger partial charge in [-0.1, -0.05) is 18.2 Å². The van der Waals surface area contributed by atoms with E-state index in [0.717, 1.165) is 38.8 Å². The Bertz CT molecular complexity index is 836. The fourth-order valence-electron chi connectivity index (χ4n) is 2.88. The fourth-order valence-corrected chi connectivity index (χ4v) is 5.19. The molecule has 1 saturated heterocycles. The van der Waals surface area contributed by atoms with Crippen LogP contribution in [0.4, 0.5) is 18.9 Å². The zero-order chi connectivity index (χ0) is 23.9. The van der Waals surface area contributed by atoms with E-state index in [1.165, 1.54) is 16.3 Å². The molecule has 1 aliphatic heterocycles. The summed E-state index contributed by atoms with van der Waals surface area (Å²) in [6.07, 6.45) is -4.70. The predicted molar refractivity (Wildman–Crippen MR) is 128 cm³/mol. The molecular weight excluding hydrogens is 479 g/mol. The maximum absolute atomic E-state index is 12.9. The van der Waals surface area contributed by atoms with Crippen LogP contribution in [0.1, 0.15) is 26.3 Å². The number of anilines is 1. The normalized spacial score (nSPS) is 18.1. The quantitative estimate of drug-likeness (QED) is 0.557. The Balaban J connectivity index is 0.000000451. The summed E-state index contributed by atoms with van der Waals surface area (Å²) >= 11 is 3.46. The number of nitrogens with one attached hydrogen (secondary N) is 1. The van der Waals surface area contributed by atoms with Gasteiger partial charge in [0.25, 0.3) is 0 Å². The van der Waals surface area contributed by atoms with Gasteiger partial charge in [-0.15, -0.1) is 11.3 Å². The smallest absolute Gasteiger partial charge is 0.376 e. The molecule has 2 unspecified atom stereocenters. The van der Waals surface area contributed by atoms with Crippen LogP contribution in [0, 0.1) is 0 Å². The lowest BCUT2D eigenvalue weighted by Gasteiger charge is -2.35. The largest absolute Gasteiger partial charge is 0.421 e. The Morgan fingerprint density at radius 3 is 2.12 bits per heavy atom. The van der Waals surface area contributed by atoms with E-state index in [1.807, 2.05) is 19.9 Å². The van der Waals surface area contributed by atoms with Gasteiger partial charge in [0.2, 0.25) is 0 Å². The molecule has 2 N–H and O–H groups in total. The Labute approximate surface area is 198 Å². The molecule has 0 saturated carbocycles. The van der Waals surface area contributed by atoms with E-state index in [-0.39, 0.29) is 10.8 Å². The Kier molecular flexibility index (Phi) is 10.0. The third kappa shape index (κ3) is 7.46. The van der Waals surface area contributed by atoms with Crippen molar-refractivity contribution in [3.8, 4) is 0 Å². The van der Waals surface area contributed by atoms with Crippen LogP contribution in [0.5, 0.6) is 0 Å². The van der Waals surface area contributed by atoms with Crippen LogP contribution in [0.15, 0.2) is 46.0 Å². The van der Waals surface area contributed by atoms with Crippen LogP contribution in [-0.4, -0.2) is 58.3 Å². The molecule has 0 aliphatic carbocycles. The molecule has 0 radical (unpaired) electrons. The number of halogens is 3. The second-order valence-electron chi connectivity index (χ2n) is 7.61. The summed E-state index contributed by atoms with van der Waals surface area (Å²) in [5.74, 6) is 0. The summed E-state index contributed by atoms with van der Waals surface area (Å²) in [7, 11) is 0.862. The summed E-state index contributed by atoms with van der Waals surface area (Å²) in [5.41, 5.74) is -2.10. The maximum atomic E-state index is 12.9. The molecule has 180 valence electrons. The first-order chi connectivity index (χ1) is 15.0. The standard InChI is InChI=1S/C17H19F3N2OS2.C4H11NOS/c1-16(23,17(18,19)20)13-4-6-14(7-5-13)21-8-10-22(11-9-21)25-15-3-2-12-24-15;1-4(2)7(6)5-3/h2-7,12,23H,8-11H2,1H3;4-5H,1-3H3. The molecule has 2 atom stereocenters. The third-order valence-electron chi connectivity index (χ3n) is 4.93. The molecule has 32 heavy (non-hydrogen) atoms. The van der Waals surface area contributed by atoms with E-state index < -0.39 is 22.8 Å². The minimum Gasteiger partial charge on any atom is -0.376 e. The number of aliphatic hydroxyl groups is 1. The number of hydrogen-bond acceptors (Lipinski definition) is 6. The minimum absolute atomic E-state index is 0.143. The molecule has 2 aromatic rings. The molecule has 2 heterocycles. The highest BCUT2D eigenvalue weighted by Crippen LogP contribution is 2.39. The fraction of sp³-hybridized carbons (Fsp3) is 0.524. The SMILES string of the molecule is CC(O)(c1ccc(N2CCN(Sc3cccs3)CC2)cc1)C(F)(F)F.CNS(=O)C(C)C. The van der Waals surface area contributed by atoms with Crippen molar-refractivity contribution < 1.29 is 22.5 Å².